The maximum Gasteiger partial charge on any atom is 0.255 e. The highest BCUT2D eigenvalue weighted by molar-refractivity contribution is 6.06. The Morgan fingerprint density at radius 3 is 2.52 bits per heavy atom. The molecule has 2 amide bonds. The van der Waals surface area contributed by atoms with Gasteiger partial charge in [0.05, 0.1) is 5.69 Å². The lowest BCUT2D eigenvalue weighted by Gasteiger charge is -2.18. The van der Waals surface area contributed by atoms with Crippen molar-refractivity contribution in [3.8, 4) is 5.82 Å². The van der Waals surface area contributed by atoms with Crippen molar-refractivity contribution >= 4 is 23.2 Å². The van der Waals surface area contributed by atoms with Gasteiger partial charge in [-0.3, -0.25) is 9.59 Å². The smallest absolute Gasteiger partial charge is 0.255 e. The van der Waals surface area contributed by atoms with Crippen molar-refractivity contribution in [3.05, 3.63) is 66.6 Å². The van der Waals surface area contributed by atoms with E-state index >= 15 is 0 Å². The van der Waals surface area contributed by atoms with Gasteiger partial charge in [-0.05, 0) is 36.4 Å². The molecule has 3 rings (SSSR count). The third kappa shape index (κ3) is 4.38. The number of amides is 2. The van der Waals surface area contributed by atoms with Crippen LogP contribution in [0.3, 0.4) is 0 Å². The molecule has 7 heteroatoms. The van der Waals surface area contributed by atoms with Crippen molar-refractivity contribution in [1.82, 2.24) is 14.8 Å². The van der Waals surface area contributed by atoms with Crippen LogP contribution in [0.5, 0.6) is 0 Å². The van der Waals surface area contributed by atoms with Gasteiger partial charge in [-0.25, -0.2) is 9.67 Å². The Hall–Kier alpha value is -3.48. The topological polar surface area (TPSA) is 88.9 Å². The number of nitrogens with zero attached hydrogens (tertiary/aromatic N) is 3. The van der Waals surface area contributed by atoms with E-state index in [-0.39, 0.29) is 11.8 Å². The van der Waals surface area contributed by atoms with Gasteiger partial charge < -0.3 is 10.6 Å². The van der Waals surface area contributed by atoms with Crippen molar-refractivity contribution in [2.45, 2.75) is 20.8 Å². The summed E-state index contributed by atoms with van der Waals surface area (Å²) in [7, 11) is 0. The van der Waals surface area contributed by atoms with Gasteiger partial charge in [-0.15, -0.1) is 0 Å². The number of carbonyl (C=O) groups is 2. The van der Waals surface area contributed by atoms with E-state index in [0.717, 1.165) is 0 Å². The molecule has 0 aliphatic rings. The summed E-state index contributed by atoms with van der Waals surface area (Å²) < 4.78 is 1.58. The van der Waals surface area contributed by atoms with Crippen LogP contribution in [0.2, 0.25) is 0 Å². The second-order valence-electron chi connectivity index (χ2n) is 7.06. The monoisotopic (exact) mass is 363 g/mol. The molecule has 2 N–H and O–H groups in total. The SMILES string of the molecule is CC(C)(C)C(=O)Nc1cccc(C(=O)Nc2cccnc2-n2cccn2)c1. The molecule has 3 aromatic rings. The minimum atomic E-state index is -0.521. The standard InChI is InChI=1S/C20H21N5O2/c1-20(2,3)19(27)23-15-8-4-7-14(13-15)18(26)24-16-9-5-10-21-17(16)25-12-6-11-22-25/h4-13H,1-3H3,(H,23,27)(H,24,26). The number of hydrogen-bond acceptors (Lipinski definition) is 4. The lowest BCUT2D eigenvalue weighted by Crippen LogP contribution is -2.27. The Labute approximate surface area is 157 Å². The fourth-order valence-corrected chi connectivity index (χ4v) is 2.32. The molecular formula is C20H21N5O2. The maximum absolute atomic E-state index is 12.7. The zero-order chi connectivity index (χ0) is 19.4. The number of aromatic nitrogens is 3. The van der Waals surface area contributed by atoms with Crippen LogP contribution in [0.1, 0.15) is 31.1 Å². The van der Waals surface area contributed by atoms with E-state index in [0.29, 0.717) is 22.8 Å². The lowest BCUT2D eigenvalue weighted by atomic mass is 9.95. The first-order valence-corrected chi connectivity index (χ1v) is 8.52. The average molecular weight is 363 g/mol. The van der Waals surface area contributed by atoms with E-state index < -0.39 is 5.41 Å². The summed E-state index contributed by atoms with van der Waals surface area (Å²) in [6.07, 6.45) is 5.03. The molecule has 0 unspecified atom stereocenters. The van der Waals surface area contributed by atoms with Crippen LogP contribution >= 0.6 is 0 Å². The van der Waals surface area contributed by atoms with Crippen LogP contribution in [-0.2, 0) is 4.79 Å². The summed E-state index contributed by atoms with van der Waals surface area (Å²) in [6.45, 7) is 5.49. The molecule has 2 heterocycles. The second-order valence-corrected chi connectivity index (χ2v) is 7.06. The van der Waals surface area contributed by atoms with E-state index in [1.165, 1.54) is 0 Å². The lowest BCUT2D eigenvalue weighted by molar-refractivity contribution is -0.123. The Morgan fingerprint density at radius 1 is 1.00 bits per heavy atom. The molecule has 0 spiro atoms. The Morgan fingerprint density at radius 2 is 1.81 bits per heavy atom. The van der Waals surface area contributed by atoms with Crippen molar-refractivity contribution in [2.24, 2.45) is 5.41 Å². The molecule has 0 aliphatic heterocycles. The fraction of sp³-hybridized carbons (Fsp3) is 0.200. The highest BCUT2D eigenvalue weighted by Gasteiger charge is 2.21. The maximum atomic E-state index is 12.7. The Balaban J connectivity index is 1.80. The van der Waals surface area contributed by atoms with Crippen LogP contribution in [0.4, 0.5) is 11.4 Å². The number of rotatable bonds is 4. The molecule has 27 heavy (non-hydrogen) atoms. The van der Waals surface area contributed by atoms with Gasteiger partial charge in [0.15, 0.2) is 5.82 Å². The summed E-state index contributed by atoms with van der Waals surface area (Å²) in [5, 5.41) is 9.83. The molecule has 0 atom stereocenters. The van der Waals surface area contributed by atoms with Gasteiger partial charge in [0, 0.05) is 35.3 Å². The summed E-state index contributed by atoms with van der Waals surface area (Å²) >= 11 is 0. The number of carbonyl (C=O) groups excluding carboxylic acids is 2. The number of hydrogen-bond donors (Lipinski definition) is 2. The molecule has 2 aromatic heterocycles. The molecule has 7 nitrogen and oxygen atoms in total. The van der Waals surface area contributed by atoms with Crippen molar-refractivity contribution < 1.29 is 9.59 Å². The molecule has 0 bridgehead atoms. The van der Waals surface area contributed by atoms with Crippen molar-refractivity contribution in [3.63, 3.8) is 0 Å². The predicted molar refractivity (Wildman–Crippen MR) is 104 cm³/mol. The molecule has 138 valence electrons. The Kier molecular flexibility index (Phi) is 5.03. The number of benzene rings is 1. The summed E-state index contributed by atoms with van der Waals surface area (Å²) in [5.74, 6) is 0.101. The zero-order valence-electron chi connectivity index (χ0n) is 15.4. The van der Waals surface area contributed by atoms with Crippen LogP contribution in [-0.4, -0.2) is 26.6 Å². The molecule has 0 aliphatic carbocycles. The molecular weight excluding hydrogens is 342 g/mol. The molecule has 0 saturated carbocycles. The van der Waals surface area contributed by atoms with Gasteiger partial charge in [0.25, 0.3) is 5.91 Å². The highest BCUT2D eigenvalue weighted by Crippen LogP contribution is 2.20. The van der Waals surface area contributed by atoms with Crippen LogP contribution in [0.15, 0.2) is 61.1 Å². The third-order valence-corrected chi connectivity index (χ3v) is 3.82. The number of anilines is 2. The third-order valence-electron chi connectivity index (χ3n) is 3.82. The van der Waals surface area contributed by atoms with Gasteiger partial charge in [0.2, 0.25) is 5.91 Å². The van der Waals surface area contributed by atoms with E-state index in [1.54, 1.807) is 65.7 Å². The van der Waals surface area contributed by atoms with Crippen LogP contribution < -0.4 is 10.6 Å². The van der Waals surface area contributed by atoms with Crippen LogP contribution in [0.25, 0.3) is 5.82 Å². The summed E-state index contributed by atoms with van der Waals surface area (Å²) in [4.78, 5) is 29.1. The van der Waals surface area contributed by atoms with Crippen molar-refractivity contribution in [2.75, 3.05) is 10.6 Å². The number of nitrogens with one attached hydrogen (secondary N) is 2. The van der Waals surface area contributed by atoms with Gasteiger partial charge in [-0.2, -0.15) is 5.10 Å². The van der Waals surface area contributed by atoms with Crippen LogP contribution in [0, 0.1) is 5.41 Å². The largest absolute Gasteiger partial charge is 0.326 e. The first-order chi connectivity index (χ1) is 12.8. The number of pyridine rings is 1. The van der Waals surface area contributed by atoms with Gasteiger partial charge >= 0.3 is 0 Å². The molecule has 1 aromatic carbocycles. The minimum Gasteiger partial charge on any atom is -0.326 e. The van der Waals surface area contributed by atoms with E-state index in [4.69, 9.17) is 0 Å². The first-order valence-electron chi connectivity index (χ1n) is 8.52. The zero-order valence-corrected chi connectivity index (χ0v) is 15.4. The Bertz CT molecular complexity index is 959. The highest BCUT2D eigenvalue weighted by atomic mass is 16.2. The predicted octanol–water partition coefficient (Wildman–Crippen LogP) is 3.50. The molecule has 0 saturated heterocycles. The van der Waals surface area contributed by atoms with Gasteiger partial charge in [0.1, 0.15) is 0 Å². The molecule has 0 radical (unpaired) electrons. The summed E-state index contributed by atoms with van der Waals surface area (Å²) in [6, 6.07) is 12.1. The average Bonchev–Trinajstić information content (AvgIpc) is 3.16. The quantitative estimate of drug-likeness (QED) is 0.742. The van der Waals surface area contributed by atoms with E-state index in [1.807, 2.05) is 20.8 Å². The normalized spacial score (nSPS) is 11.1. The second kappa shape index (κ2) is 7.41. The minimum absolute atomic E-state index is 0.117. The van der Waals surface area contributed by atoms with Crippen molar-refractivity contribution in [1.29, 1.82) is 0 Å². The van der Waals surface area contributed by atoms with Gasteiger partial charge in [-0.1, -0.05) is 26.8 Å². The van der Waals surface area contributed by atoms with E-state index in [9.17, 15) is 9.59 Å². The fourth-order valence-electron chi connectivity index (χ4n) is 2.32. The first kappa shape index (κ1) is 18.3. The molecule has 0 fully saturated rings. The summed E-state index contributed by atoms with van der Waals surface area (Å²) in [5.41, 5.74) is 1.01. The van der Waals surface area contributed by atoms with E-state index in [2.05, 4.69) is 20.7 Å².